The summed E-state index contributed by atoms with van der Waals surface area (Å²) in [6.07, 6.45) is 1.60. The summed E-state index contributed by atoms with van der Waals surface area (Å²) in [6.45, 7) is 2.61. The first-order chi connectivity index (χ1) is 8.17. The Morgan fingerprint density at radius 3 is 2.88 bits per heavy atom. The van der Waals surface area contributed by atoms with Crippen LogP contribution in [0.1, 0.15) is 30.9 Å². The van der Waals surface area contributed by atoms with Crippen molar-refractivity contribution in [2.24, 2.45) is 0 Å². The number of aliphatic hydroxyl groups excluding tert-OH is 1. The summed E-state index contributed by atoms with van der Waals surface area (Å²) in [6, 6.07) is 6.61. The molecule has 0 bridgehead atoms. The fourth-order valence-electron chi connectivity index (χ4n) is 1.54. The second-order valence-corrected chi connectivity index (χ2v) is 4.07. The number of nitriles is 1. The van der Waals surface area contributed by atoms with Gasteiger partial charge in [0.15, 0.2) is 0 Å². The molecule has 4 heteroatoms. The maximum Gasteiger partial charge on any atom is 0.129 e. The van der Waals surface area contributed by atoms with E-state index in [4.69, 9.17) is 10.4 Å². The highest BCUT2D eigenvalue weighted by Gasteiger charge is 2.05. The number of benzene rings is 1. The molecule has 0 fully saturated rings. The van der Waals surface area contributed by atoms with Crippen LogP contribution >= 0.6 is 0 Å². The Morgan fingerprint density at radius 2 is 2.29 bits per heavy atom. The average Bonchev–Trinajstić information content (AvgIpc) is 2.34. The average molecular weight is 236 g/mol. The monoisotopic (exact) mass is 236 g/mol. The standard InChI is InChI=1S/C13H17FN2O/c1-10(3-2-6-17)16-9-12-5-4-11(8-15)7-13(12)14/h4-5,7,10,16-17H,2-3,6,9H2,1H3. The maximum atomic E-state index is 13.5. The van der Waals surface area contributed by atoms with Gasteiger partial charge in [0.25, 0.3) is 0 Å². The highest BCUT2D eigenvalue weighted by Crippen LogP contribution is 2.10. The number of nitrogens with zero attached hydrogens (tertiary/aromatic N) is 1. The van der Waals surface area contributed by atoms with E-state index in [1.54, 1.807) is 12.1 Å². The van der Waals surface area contributed by atoms with E-state index in [1.165, 1.54) is 6.07 Å². The minimum Gasteiger partial charge on any atom is -0.396 e. The van der Waals surface area contributed by atoms with Crippen molar-refractivity contribution in [2.45, 2.75) is 32.4 Å². The van der Waals surface area contributed by atoms with Crippen molar-refractivity contribution in [1.29, 1.82) is 5.26 Å². The van der Waals surface area contributed by atoms with Crippen molar-refractivity contribution in [3.63, 3.8) is 0 Å². The molecule has 0 aromatic heterocycles. The predicted octanol–water partition coefficient (Wildman–Crippen LogP) is 1.95. The molecular weight excluding hydrogens is 219 g/mol. The summed E-state index contributed by atoms with van der Waals surface area (Å²) >= 11 is 0. The van der Waals surface area contributed by atoms with Crippen LogP contribution in [-0.2, 0) is 6.54 Å². The normalized spacial score (nSPS) is 12.1. The lowest BCUT2D eigenvalue weighted by atomic mass is 10.1. The molecule has 0 amide bonds. The number of hydrogen-bond acceptors (Lipinski definition) is 3. The number of aliphatic hydroxyl groups is 1. The van der Waals surface area contributed by atoms with Crippen LogP contribution in [-0.4, -0.2) is 17.8 Å². The van der Waals surface area contributed by atoms with E-state index in [0.29, 0.717) is 17.7 Å². The Balaban J connectivity index is 2.49. The number of hydrogen-bond donors (Lipinski definition) is 2. The van der Waals surface area contributed by atoms with E-state index in [9.17, 15) is 4.39 Å². The number of rotatable bonds is 6. The lowest BCUT2D eigenvalue weighted by Crippen LogP contribution is -2.26. The van der Waals surface area contributed by atoms with Crippen LogP contribution in [0.5, 0.6) is 0 Å². The zero-order valence-electron chi connectivity index (χ0n) is 9.91. The molecule has 0 aliphatic rings. The SMILES string of the molecule is CC(CCCO)NCc1ccc(C#N)cc1F. The van der Waals surface area contributed by atoms with E-state index >= 15 is 0 Å². The van der Waals surface area contributed by atoms with Gasteiger partial charge < -0.3 is 10.4 Å². The van der Waals surface area contributed by atoms with E-state index in [0.717, 1.165) is 12.8 Å². The quantitative estimate of drug-likeness (QED) is 0.793. The van der Waals surface area contributed by atoms with Crippen LogP contribution < -0.4 is 5.32 Å². The summed E-state index contributed by atoms with van der Waals surface area (Å²) in [5, 5.41) is 20.5. The summed E-state index contributed by atoms with van der Waals surface area (Å²) in [7, 11) is 0. The molecule has 1 aromatic carbocycles. The Labute approximate surface area is 101 Å². The van der Waals surface area contributed by atoms with Crippen molar-refractivity contribution < 1.29 is 9.50 Å². The van der Waals surface area contributed by atoms with Gasteiger partial charge in [0.1, 0.15) is 5.82 Å². The second kappa shape index (κ2) is 7.00. The molecule has 1 aromatic rings. The van der Waals surface area contributed by atoms with Crippen molar-refractivity contribution >= 4 is 0 Å². The molecule has 0 saturated heterocycles. The van der Waals surface area contributed by atoms with E-state index in [1.807, 2.05) is 13.0 Å². The van der Waals surface area contributed by atoms with Crippen LogP contribution in [0.2, 0.25) is 0 Å². The molecular formula is C13H17FN2O. The van der Waals surface area contributed by atoms with Gasteiger partial charge in [0.05, 0.1) is 11.6 Å². The van der Waals surface area contributed by atoms with Crippen molar-refractivity contribution in [3.8, 4) is 6.07 Å². The summed E-state index contributed by atoms with van der Waals surface area (Å²) in [4.78, 5) is 0. The van der Waals surface area contributed by atoms with Gasteiger partial charge >= 0.3 is 0 Å². The Bertz CT molecular complexity index is 401. The minimum atomic E-state index is -0.356. The summed E-state index contributed by atoms with van der Waals surface area (Å²) in [5.41, 5.74) is 0.888. The molecule has 0 aliphatic carbocycles. The third-order valence-electron chi connectivity index (χ3n) is 2.62. The molecule has 0 spiro atoms. The minimum absolute atomic E-state index is 0.178. The molecule has 1 unspecified atom stereocenters. The van der Waals surface area contributed by atoms with Gasteiger partial charge in [-0.15, -0.1) is 0 Å². The highest BCUT2D eigenvalue weighted by molar-refractivity contribution is 5.32. The lowest BCUT2D eigenvalue weighted by Gasteiger charge is -2.13. The van der Waals surface area contributed by atoms with Crippen molar-refractivity contribution in [1.82, 2.24) is 5.32 Å². The van der Waals surface area contributed by atoms with Crippen LogP contribution in [0.15, 0.2) is 18.2 Å². The van der Waals surface area contributed by atoms with E-state index in [-0.39, 0.29) is 18.5 Å². The highest BCUT2D eigenvalue weighted by atomic mass is 19.1. The largest absolute Gasteiger partial charge is 0.396 e. The first kappa shape index (κ1) is 13.6. The molecule has 92 valence electrons. The van der Waals surface area contributed by atoms with Gasteiger partial charge in [-0.1, -0.05) is 6.07 Å². The fourth-order valence-corrected chi connectivity index (χ4v) is 1.54. The Morgan fingerprint density at radius 1 is 1.53 bits per heavy atom. The Kier molecular flexibility index (Phi) is 5.61. The predicted molar refractivity (Wildman–Crippen MR) is 63.7 cm³/mol. The topological polar surface area (TPSA) is 56.0 Å². The van der Waals surface area contributed by atoms with Gasteiger partial charge in [0.2, 0.25) is 0 Å². The van der Waals surface area contributed by atoms with Gasteiger partial charge in [0, 0.05) is 24.8 Å². The smallest absolute Gasteiger partial charge is 0.129 e. The number of halogens is 1. The molecule has 0 heterocycles. The van der Waals surface area contributed by atoms with Crippen LogP contribution in [0.3, 0.4) is 0 Å². The van der Waals surface area contributed by atoms with Gasteiger partial charge in [-0.05, 0) is 31.9 Å². The zero-order valence-corrected chi connectivity index (χ0v) is 9.91. The molecule has 1 atom stereocenters. The van der Waals surface area contributed by atoms with Gasteiger partial charge in [-0.3, -0.25) is 0 Å². The van der Waals surface area contributed by atoms with Crippen LogP contribution in [0.4, 0.5) is 4.39 Å². The maximum absolute atomic E-state index is 13.5. The van der Waals surface area contributed by atoms with Crippen molar-refractivity contribution in [2.75, 3.05) is 6.61 Å². The third-order valence-corrected chi connectivity index (χ3v) is 2.62. The zero-order chi connectivity index (χ0) is 12.7. The second-order valence-electron chi connectivity index (χ2n) is 4.07. The first-order valence-corrected chi connectivity index (χ1v) is 5.70. The molecule has 2 N–H and O–H groups in total. The van der Waals surface area contributed by atoms with Gasteiger partial charge in [-0.2, -0.15) is 5.26 Å². The van der Waals surface area contributed by atoms with Crippen LogP contribution in [0.25, 0.3) is 0 Å². The molecule has 1 rings (SSSR count). The first-order valence-electron chi connectivity index (χ1n) is 5.70. The molecule has 0 saturated carbocycles. The Hall–Kier alpha value is -1.44. The molecule has 0 aliphatic heterocycles. The molecule has 3 nitrogen and oxygen atoms in total. The fraction of sp³-hybridized carbons (Fsp3) is 0.462. The lowest BCUT2D eigenvalue weighted by molar-refractivity contribution is 0.276. The molecule has 17 heavy (non-hydrogen) atoms. The van der Waals surface area contributed by atoms with E-state index in [2.05, 4.69) is 5.32 Å². The summed E-state index contributed by atoms with van der Waals surface area (Å²) < 4.78 is 13.5. The van der Waals surface area contributed by atoms with E-state index < -0.39 is 0 Å². The van der Waals surface area contributed by atoms with Gasteiger partial charge in [-0.25, -0.2) is 4.39 Å². The molecule has 0 radical (unpaired) electrons. The third kappa shape index (κ3) is 4.51. The van der Waals surface area contributed by atoms with Crippen molar-refractivity contribution in [3.05, 3.63) is 35.1 Å². The number of nitrogens with one attached hydrogen (secondary N) is 1. The van der Waals surface area contributed by atoms with Crippen LogP contribution in [0, 0.1) is 17.1 Å². The summed E-state index contributed by atoms with van der Waals surface area (Å²) in [5.74, 6) is -0.356.